The predicted molar refractivity (Wildman–Crippen MR) is 94.0 cm³/mol. The first kappa shape index (κ1) is 17.8. The molecule has 1 aliphatic rings. The summed E-state index contributed by atoms with van der Waals surface area (Å²) in [5.41, 5.74) is 0.744. The Morgan fingerprint density at radius 2 is 1.62 bits per heavy atom. The minimum Gasteiger partial charge on any atom is -0.387 e. The lowest BCUT2D eigenvalue weighted by Crippen LogP contribution is -2.31. The Morgan fingerprint density at radius 1 is 1.04 bits per heavy atom. The van der Waals surface area contributed by atoms with Crippen molar-refractivity contribution < 1.29 is 19.6 Å². The second kappa shape index (κ2) is 7.07. The van der Waals surface area contributed by atoms with E-state index in [1.165, 1.54) is 36.4 Å². The molecular formula is C18H13ClN2O5. The fourth-order valence-corrected chi connectivity index (χ4v) is 2.89. The largest absolute Gasteiger partial charge is 0.387 e. The van der Waals surface area contributed by atoms with Crippen molar-refractivity contribution in [2.75, 3.05) is 6.54 Å². The van der Waals surface area contributed by atoms with E-state index in [2.05, 4.69) is 5.32 Å². The number of nitro benzene ring substituents is 1. The van der Waals surface area contributed by atoms with Gasteiger partial charge in [-0.2, -0.15) is 0 Å². The number of non-ortho nitro benzene ring substituents is 1. The van der Waals surface area contributed by atoms with Crippen molar-refractivity contribution in [1.29, 1.82) is 0 Å². The molecule has 0 aliphatic heterocycles. The highest BCUT2D eigenvalue weighted by molar-refractivity contribution is 6.49. The van der Waals surface area contributed by atoms with Crippen LogP contribution in [0.3, 0.4) is 0 Å². The number of hydrogen-bond donors (Lipinski definition) is 2. The van der Waals surface area contributed by atoms with Crippen molar-refractivity contribution in [1.82, 2.24) is 5.32 Å². The number of nitrogens with one attached hydrogen (secondary N) is 1. The van der Waals surface area contributed by atoms with Crippen molar-refractivity contribution in [2.45, 2.75) is 6.10 Å². The summed E-state index contributed by atoms with van der Waals surface area (Å²) in [4.78, 5) is 34.9. The Bertz CT molecular complexity index is 937. The third kappa shape index (κ3) is 3.22. The van der Waals surface area contributed by atoms with Gasteiger partial charge in [0.2, 0.25) is 11.6 Å². The molecule has 0 amide bonds. The van der Waals surface area contributed by atoms with Crippen molar-refractivity contribution in [3.05, 3.63) is 86.1 Å². The number of rotatable bonds is 5. The number of ketones is 2. The Morgan fingerprint density at radius 3 is 2.19 bits per heavy atom. The third-order valence-corrected chi connectivity index (χ3v) is 4.38. The molecule has 0 saturated carbocycles. The lowest BCUT2D eigenvalue weighted by Gasteiger charge is -2.20. The van der Waals surface area contributed by atoms with Crippen molar-refractivity contribution in [3.63, 3.8) is 0 Å². The third-order valence-electron chi connectivity index (χ3n) is 4.02. The normalized spacial score (nSPS) is 14.8. The summed E-state index contributed by atoms with van der Waals surface area (Å²) >= 11 is 6.03. The Kier molecular flexibility index (Phi) is 4.83. The molecule has 0 spiro atoms. The van der Waals surface area contributed by atoms with Gasteiger partial charge in [0.15, 0.2) is 0 Å². The van der Waals surface area contributed by atoms with Crippen LogP contribution in [0.2, 0.25) is 0 Å². The van der Waals surface area contributed by atoms with E-state index in [1.54, 1.807) is 12.1 Å². The predicted octanol–water partition coefficient (Wildman–Crippen LogP) is 2.75. The van der Waals surface area contributed by atoms with Gasteiger partial charge in [0.05, 0.1) is 11.0 Å². The van der Waals surface area contributed by atoms with Crippen LogP contribution in [0.1, 0.15) is 32.4 Å². The van der Waals surface area contributed by atoms with Gasteiger partial charge < -0.3 is 10.4 Å². The van der Waals surface area contributed by atoms with E-state index in [0.717, 1.165) is 0 Å². The standard InChI is InChI=1S/C18H13ClN2O5/c19-15-16(18(24)13-4-2-1-3-12(13)17(15)23)20-9-14(22)10-5-7-11(8-6-10)21(25)26/h1-8,14,20,22H,9H2. The summed E-state index contributed by atoms with van der Waals surface area (Å²) in [7, 11) is 0. The highest BCUT2D eigenvalue weighted by Crippen LogP contribution is 2.27. The summed E-state index contributed by atoms with van der Waals surface area (Å²) in [6, 6.07) is 11.7. The van der Waals surface area contributed by atoms with E-state index < -0.39 is 22.6 Å². The molecule has 0 fully saturated rings. The molecule has 0 aromatic heterocycles. The summed E-state index contributed by atoms with van der Waals surface area (Å²) in [5, 5.41) is 23.4. The van der Waals surface area contributed by atoms with Crippen LogP contribution >= 0.6 is 11.6 Å². The first-order valence-electron chi connectivity index (χ1n) is 7.64. The molecule has 1 unspecified atom stereocenters. The number of nitro groups is 1. The number of benzene rings is 2. The number of carbonyl (C=O) groups excluding carboxylic acids is 2. The number of carbonyl (C=O) groups is 2. The molecule has 1 aliphatic carbocycles. The highest BCUT2D eigenvalue weighted by atomic mass is 35.5. The smallest absolute Gasteiger partial charge is 0.269 e. The number of halogens is 1. The van der Waals surface area contributed by atoms with E-state index in [4.69, 9.17) is 11.6 Å². The van der Waals surface area contributed by atoms with Gasteiger partial charge in [0.1, 0.15) is 10.7 Å². The average Bonchev–Trinajstić information content (AvgIpc) is 2.66. The van der Waals surface area contributed by atoms with Crippen molar-refractivity contribution in [2.24, 2.45) is 0 Å². The Balaban J connectivity index is 1.76. The van der Waals surface area contributed by atoms with Crippen molar-refractivity contribution in [3.8, 4) is 0 Å². The number of nitrogens with zero attached hydrogens (tertiary/aromatic N) is 1. The van der Waals surface area contributed by atoms with Crippen LogP contribution < -0.4 is 5.32 Å². The molecule has 3 rings (SSSR count). The summed E-state index contributed by atoms with van der Waals surface area (Å²) < 4.78 is 0. The van der Waals surface area contributed by atoms with Crippen LogP contribution in [0.4, 0.5) is 5.69 Å². The molecule has 2 N–H and O–H groups in total. The van der Waals surface area contributed by atoms with Crippen LogP contribution in [0.25, 0.3) is 0 Å². The molecule has 0 radical (unpaired) electrons. The zero-order chi connectivity index (χ0) is 18.8. The maximum atomic E-state index is 12.5. The minimum atomic E-state index is -1.05. The summed E-state index contributed by atoms with van der Waals surface area (Å²) in [6.45, 7) is -0.0927. The molecule has 0 saturated heterocycles. The second-order valence-corrected chi connectivity index (χ2v) is 6.02. The Hall–Kier alpha value is -3.03. The quantitative estimate of drug-likeness (QED) is 0.617. The number of Topliss-reactive ketones (excluding diaryl/α,β-unsaturated/α-hetero) is 2. The van der Waals surface area contributed by atoms with Gasteiger partial charge in [0.25, 0.3) is 5.69 Å². The lowest BCUT2D eigenvalue weighted by atomic mass is 9.92. The first-order chi connectivity index (χ1) is 12.4. The van der Waals surface area contributed by atoms with Crippen LogP contribution in [0.5, 0.6) is 0 Å². The molecule has 7 nitrogen and oxygen atoms in total. The van der Waals surface area contributed by atoms with Gasteiger partial charge in [0, 0.05) is 29.8 Å². The van der Waals surface area contributed by atoms with Gasteiger partial charge in [-0.15, -0.1) is 0 Å². The van der Waals surface area contributed by atoms with Gasteiger partial charge >= 0.3 is 0 Å². The molecule has 1 atom stereocenters. The molecule has 132 valence electrons. The van der Waals surface area contributed by atoms with Crippen LogP contribution in [-0.2, 0) is 0 Å². The fourth-order valence-electron chi connectivity index (χ4n) is 2.64. The van der Waals surface area contributed by atoms with Gasteiger partial charge in [-0.05, 0) is 17.7 Å². The number of aliphatic hydroxyl groups excluding tert-OH is 1. The fraction of sp³-hybridized carbons (Fsp3) is 0.111. The number of fused-ring (bicyclic) bond motifs is 1. The number of hydrogen-bond acceptors (Lipinski definition) is 6. The molecule has 0 heterocycles. The maximum Gasteiger partial charge on any atom is 0.269 e. The Labute approximate surface area is 153 Å². The van der Waals surface area contributed by atoms with Crippen LogP contribution in [0.15, 0.2) is 59.3 Å². The molecule has 0 bridgehead atoms. The maximum absolute atomic E-state index is 12.5. The summed E-state index contributed by atoms with van der Waals surface area (Å²) in [5.74, 6) is -0.893. The van der Waals surface area contributed by atoms with Gasteiger partial charge in [-0.25, -0.2) is 0 Å². The molecule has 8 heteroatoms. The monoisotopic (exact) mass is 372 g/mol. The molecule has 2 aromatic carbocycles. The molecular weight excluding hydrogens is 360 g/mol. The number of aliphatic hydroxyl groups is 1. The van der Waals surface area contributed by atoms with Gasteiger partial charge in [-0.3, -0.25) is 19.7 Å². The average molecular weight is 373 g/mol. The zero-order valence-corrected chi connectivity index (χ0v) is 14.1. The van der Waals surface area contributed by atoms with E-state index in [-0.39, 0.29) is 34.1 Å². The summed E-state index contributed by atoms with van der Waals surface area (Å²) in [6.07, 6.45) is -1.05. The van der Waals surface area contributed by atoms with Crippen LogP contribution in [-0.4, -0.2) is 28.1 Å². The lowest BCUT2D eigenvalue weighted by molar-refractivity contribution is -0.384. The zero-order valence-electron chi connectivity index (χ0n) is 13.3. The first-order valence-corrected chi connectivity index (χ1v) is 8.02. The van der Waals surface area contributed by atoms with E-state index in [0.29, 0.717) is 5.56 Å². The molecule has 26 heavy (non-hydrogen) atoms. The number of allylic oxidation sites excluding steroid dienone is 2. The van der Waals surface area contributed by atoms with Gasteiger partial charge in [-0.1, -0.05) is 35.9 Å². The van der Waals surface area contributed by atoms with Crippen molar-refractivity contribution >= 4 is 28.9 Å². The second-order valence-electron chi connectivity index (χ2n) is 5.64. The highest BCUT2D eigenvalue weighted by Gasteiger charge is 2.31. The van der Waals surface area contributed by atoms with E-state index in [9.17, 15) is 24.8 Å². The van der Waals surface area contributed by atoms with E-state index >= 15 is 0 Å². The van der Waals surface area contributed by atoms with E-state index in [1.807, 2.05) is 0 Å². The van der Waals surface area contributed by atoms with Crippen LogP contribution in [0, 0.1) is 10.1 Å². The minimum absolute atomic E-state index is 0.0728. The SMILES string of the molecule is O=C1C(Cl)=C(NCC(O)c2ccc([N+](=O)[O-])cc2)C(=O)c2ccccc21. The topological polar surface area (TPSA) is 110 Å². The molecule has 2 aromatic rings.